The lowest BCUT2D eigenvalue weighted by atomic mass is 10.1. The monoisotopic (exact) mass is 401 g/mol. The van der Waals surface area contributed by atoms with Crippen LogP contribution in [-0.2, 0) is 16.6 Å². The highest BCUT2D eigenvalue weighted by Crippen LogP contribution is 2.23. The van der Waals surface area contributed by atoms with Gasteiger partial charge in [-0.1, -0.05) is 30.3 Å². The van der Waals surface area contributed by atoms with Gasteiger partial charge >= 0.3 is 0 Å². The number of rotatable bonds is 7. The Labute approximate surface area is 162 Å². The minimum Gasteiger partial charge on any atom is -0.497 e. The third-order valence-electron chi connectivity index (χ3n) is 4.03. The SMILES string of the molecule is COc1ccc(S(=O)(=O)NCc2ccc(C(=O)c3ccccc3)s2)c(C)c1. The van der Waals surface area contributed by atoms with Crippen LogP contribution in [0.4, 0.5) is 0 Å². The first-order valence-corrected chi connectivity index (χ1v) is 10.5. The van der Waals surface area contributed by atoms with Gasteiger partial charge in [-0.25, -0.2) is 13.1 Å². The van der Waals surface area contributed by atoms with Crippen LogP contribution in [0.1, 0.15) is 25.7 Å². The Morgan fingerprint density at radius 1 is 1.07 bits per heavy atom. The smallest absolute Gasteiger partial charge is 0.241 e. The Kier molecular flexibility index (Phi) is 5.74. The first kappa shape index (κ1) is 19.3. The molecule has 1 aromatic heterocycles. The summed E-state index contributed by atoms with van der Waals surface area (Å²) < 4.78 is 32.8. The number of ketones is 1. The van der Waals surface area contributed by atoms with E-state index in [-0.39, 0.29) is 17.2 Å². The molecular weight excluding hydrogens is 382 g/mol. The summed E-state index contributed by atoms with van der Waals surface area (Å²) in [5.41, 5.74) is 1.22. The van der Waals surface area contributed by atoms with E-state index in [0.717, 1.165) is 4.88 Å². The minimum atomic E-state index is -3.66. The molecule has 2 aromatic carbocycles. The largest absolute Gasteiger partial charge is 0.497 e. The van der Waals surface area contributed by atoms with Gasteiger partial charge in [0.1, 0.15) is 5.75 Å². The van der Waals surface area contributed by atoms with Crippen molar-refractivity contribution in [3.63, 3.8) is 0 Å². The van der Waals surface area contributed by atoms with Crippen molar-refractivity contribution in [2.75, 3.05) is 7.11 Å². The summed E-state index contributed by atoms with van der Waals surface area (Å²) in [4.78, 5) is 14.0. The predicted octanol–water partition coefficient (Wildman–Crippen LogP) is 3.77. The molecule has 7 heteroatoms. The molecule has 0 amide bonds. The van der Waals surface area contributed by atoms with Gasteiger partial charge in [0.15, 0.2) is 0 Å². The molecule has 3 aromatic rings. The van der Waals surface area contributed by atoms with Gasteiger partial charge in [-0.2, -0.15) is 0 Å². The molecule has 0 saturated heterocycles. The Morgan fingerprint density at radius 3 is 2.48 bits per heavy atom. The molecule has 0 aliphatic rings. The van der Waals surface area contributed by atoms with E-state index in [2.05, 4.69) is 4.72 Å². The molecule has 1 N–H and O–H groups in total. The number of thiophene rings is 1. The second-order valence-corrected chi connectivity index (χ2v) is 8.82. The Bertz CT molecular complexity index is 1060. The van der Waals surface area contributed by atoms with Crippen molar-refractivity contribution in [3.8, 4) is 5.75 Å². The number of aryl methyl sites for hydroxylation is 1. The van der Waals surface area contributed by atoms with Crippen LogP contribution >= 0.6 is 11.3 Å². The number of hydrogen-bond acceptors (Lipinski definition) is 5. The summed E-state index contributed by atoms with van der Waals surface area (Å²) in [6.07, 6.45) is 0. The van der Waals surface area contributed by atoms with Gasteiger partial charge in [-0.15, -0.1) is 11.3 Å². The Morgan fingerprint density at radius 2 is 1.81 bits per heavy atom. The van der Waals surface area contributed by atoms with Crippen molar-refractivity contribution in [1.29, 1.82) is 0 Å². The number of sulfonamides is 1. The van der Waals surface area contributed by atoms with Gasteiger partial charge in [0, 0.05) is 17.0 Å². The maximum Gasteiger partial charge on any atom is 0.241 e. The summed E-state index contributed by atoms with van der Waals surface area (Å²) in [6.45, 7) is 1.85. The van der Waals surface area contributed by atoms with Crippen molar-refractivity contribution in [2.45, 2.75) is 18.4 Å². The van der Waals surface area contributed by atoms with E-state index in [9.17, 15) is 13.2 Å². The Balaban J connectivity index is 1.72. The quantitative estimate of drug-likeness (QED) is 0.612. The van der Waals surface area contributed by atoms with Crippen molar-refractivity contribution >= 4 is 27.1 Å². The van der Waals surface area contributed by atoms with Crippen LogP contribution in [0, 0.1) is 6.92 Å². The summed E-state index contributed by atoms with van der Waals surface area (Å²) in [5.74, 6) is 0.537. The highest BCUT2D eigenvalue weighted by Gasteiger charge is 2.18. The lowest BCUT2D eigenvalue weighted by molar-refractivity contribution is 0.104. The topological polar surface area (TPSA) is 72.5 Å². The first-order chi connectivity index (χ1) is 12.9. The average Bonchev–Trinajstić information content (AvgIpc) is 3.15. The fourth-order valence-electron chi connectivity index (χ4n) is 2.62. The van der Waals surface area contributed by atoms with E-state index in [1.165, 1.54) is 24.5 Å². The first-order valence-electron chi connectivity index (χ1n) is 8.23. The zero-order valence-corrected chi connectivity index (χ0v) is 16.6. The molecule has 1 heterocycles. The fourth-order valence-corrected chi connectivity index (χ4v) is 4.85. The van der Waals surface area contributed by atoms with Gasteiger partial charge in [-0.3, -0.25) is 4.79 Å². The number of benzene rings is 2. The van der Waals surface area contributed by atoms with E-state index >= 15 is 0 Å². The van der Waals surface area contributed by atoms with E-state index in [4.69, 9.17) is 4.74 Å². The summed E-state index contributed by atoms with van der Waals surface area (Å²) in [5, 5.41) is 0. The van der Waals surface area contributed by atoms with E-state index in [1.807, 2.05) is 18.2 Å². The third-order valence-corrected chi connectivity index (χ3v) is 6.67. The molecule has 3 rings (SSSR count). The van der Waals surface area contributed by atoms with Crippen LogP contribution in [0.5, 0.6) is 5.75 Å². The van der Waals surface area contributed by atoms with Gasteiger partial charge in [-0.05, 0) is 42.8 Å². The van der Waals surface area contributed by atoms with Gasteiger partial charge in [0.25, 0.3) is 0 Å². The van der Waals surface area contributed by atoms with Gasteiger partial charge < -0.3 is 4.74 Å². The van der Waals surface area contributed by atoms with E-state index in [0.29, 0.717) is 21.8 Å². The molecule has 0 saturated carbocycles. The molecule has 140 valence electrons. The zero-order valence-electron chi connectivity index (χ0n) is 14.9. The Hall–Kier alpha value is -2.48. The molecule has 0 fully saturated rings. The lowest BCUT2D eigenvalue weighted by Crippen LogP contribution is -2.23. The fraction of sp³-hybridized carbons (Fsp3) is 0.150. The standard InChI is InChI=1S/C20H19NO4S2/c1-14-12-16(25-2)8-11-19(14)27(23,24)21-13-17-9-10-18(26-17)20(22)15-6-4-3-5-7-15/h3-12,21H,13H2,1-2H3. The van der Waals surface area contributed by atoms with Crippen LogP contribution in [0.2, 0.25) is 0 Å². The summed E-state index contributed by atoms with van der Waals surface area (Å²) >= 11 is 1.29. The van der Waals surface area contributed by atoms with Gasteiger partial charge in [0.05, 0.1) is 16.9 Å². The molecule has 0 spiro atoms. The highest BCUT2D eigenvalue weighted by atomic mass is 32.2. The second-order valence-electron chi connectivity index (χ2n) is 5.92. The molecule has 0 atom stereocenters. The summed E-state index contributed by atoms with van der Waals surface area (Å²) in [7, 11) is -2.13. The van der Waals surface area contributed by atoms with Gasteiger partial charge in [0.2, 0.25) is 15.8 Å². The molecular formula is C20H19NO4S2. The van der Waals surface area contributed by atoms with Crippen molar-refractivity contribution < 1.29 is 17.9 Å². The zero-order chi connectivity index (χ0) is 19.4. The van der Waals surface area contributed by atoms with Crippen LogP contribution in [0.25, 0.3) is 0 Å². The molecule has 0 aliphatic heterocycles. The van der Waals surface area contributed by atoms with Crippen molar-refractivity contribution in [3.05, 3.63) is 81.5 Å². The number of carbonyl (C=O) groups excluding carboxylic acids is 1. The minimum absolute atomic E-state index is 0.0688. The molecule has 5 nitrogen and oxygen atoms in total. The molecule has 0 radical (unpaired) electrons. The van der Waals surface area contributed by atoms with Crippen LogP contribution in [0.15, 0.2) is 65.6 Å². The number of hydrogen-bond donors (Lipinski definition) is 1. The van der Waals surface area contributed by atoms with Crippen LogP contribution in [0.3, 0.4) is 0 Å². The molecule has 0 unspecified atom stereocenters. The maximum atomic E-state index is 12.6. The third kappa shape index (κ3) is 4.44. The predicted molar refractivity (Wildman–Crippen MR) is 106 cm³/mol. The second kappa shape index (κ2) is 8.04. The number of methoxy groups -OCH3 is 1. The van der Waals surface area contributed by atoms with Crippen LogP contribution < -0.4 is 9.46 Å². The average molecular weight is 402 g/mol. The van der Waals surface area contributed by atoms with E-state index < -0.39 is 10.0 Å². The number of nitrogens with one attached hydrogen (secondary N) is 1. The van der Waals surface area contributed by atoms with Crippen LogP contribution in [-0.4, -0.2) is 21.3 Å². The lowest BCUT2D eigenvalue weighted by Gasteiger charge is -2.10. The number of carbonyl (C=O) groups is 1. The highest BCUT2D eigenvalue weighted by molar-refractivity contribution is 7.89. The molecule has 0 bridgehead atoms. The normalized spacial score (nSPS) is 11.3. The maximum absolute atomic E-state index is 12.6. The van der Waals surface area contributed by atoms with Crippen molar-refractivity contribution in [2.24, 2.45) is 0 Å². The molecule has 27 heavy (non-hydrogen) atoms. The molecule has 0 aliphatic carbocycles. The number of ether oxygens (including phenoxy) is 1. The van der Waals surface area contributed by atoms with E-state index in [1.54, 1.807) is 43.3 Å². The van der Waals surface area contributed by atoms with Crippen molar-refractivity contribution in [1.82, 2.24) is 4.72 Å². The summed E-state index contributed by atoms with van der Waals surface area (Å²) in [6, 6.07) is 17.3.